The van der Waals surface area contributed by atoms with Crippen LogP contribution in [-0.4, -0.2) is 42.8 Å². The van der Waals surface area contributed by atoms with E-state index in [0.717, 1.165) is 39.0 Å². The first-order chi connectivity index (χ1) is 7.20. The first kappa shape index (κ1) is 11.9. The third-order valence-corrected chi connectivity index (χ3v) is 2.66. The van der Waals surface area contributed by atoms with Crippen LogP contribution < -0.4 is 5.32 Å². The summed E-state index contributed by atoms with van der Waals surface area (Å²) in [5.41, 5.74) is -0.137. The highest BCUT2D eigenvalue weighted by molar-refractivity contribution is 5.68. The summed E-state index contributed by atoms with van der Waals surface area (Å²) in [5.74, 6) is 0. The van der Waals surface area contributed by atoms with Gasteiger partial charge in [0, 0.05) is 26.2 Å². The Kier molecular flexibility index (Phi) is 3.98. The molecule has 0 spiro atoms. The summed E-state index contributed by atoms with van der Waals surface area (Å²) >= 11 is 0. The molecule has 1 amide bonds. The van der Waals surface area contributed by atoms with Crippen LogP contribution in [0.5, 0.6) is 0 Å². The maximum Gasteiger partial charge on any atom is 0.410 e. The number of amides is 1. The standard InChI is InChI=1S/C9H16N2O2.C2H2/c1-9(2-3-9)13-8(12)11-6-4-10-5-7-11;1-2/h10H,2-7H2,1H3;1-2H. The molecule has 0 aromatic carbocycles. The van der Waals surface area contributed by atoms with Crippen LogP contribution >= 0.6 is 0 Å². The zero-order valence-corrected chi connectivity index (χ0v) is 9.16. The van der Waals surface area contributed by atoms with Crippen LogP contribution in [-0.2, 0) is 4.74 Å². The summed E-state index contributed by atoms with van der Waals surface area (Å²) in [6.07, 6.45) is 9.90. The molecule has 15 heavy (non-hydrogen) atoms. The number of ether oxygens (including phenoxy) is 1. The van der Waals surface area contributed by atoms with Crippen molar-refractivity contribution in [1.82, 2.24) is 10.2 Å². The second kappa shape index (κ2) is 5.04. The van der Waals surface area contributed by atoms with E-state index in [0.29, 0.717) is 0 Å². The molecule has 1 heterocycles. The van der Waals surface area contributed by atoms with Gasteiger partial charge in [-0.05, 0) is 19.8 Å². The smallest absolute Gasteiger partial charge is 0.410 e. The number of nitrogens with one attached hydrogen (secondary N) is 1. The van der Waals surface area contributed by atoms with Crippen LogP contribution in [0.15, 0.2) is 0 Å². The van der Waals surface area contributed by atoms with E-state index in [1.807, 2.05) is 6.92 Å². The molecule has 0 aromatic heterocycles. The van der Waals surface area contributed by atoms with Crippen LogP contribution in [0.3, 0.4) is 0 Å². The van der Waals surface area contributed by atoms with Gasteiger partial charge in [-0.25, -0.2) is 4.79 Å². The van der Waals surface area contributed by atoms with Crippen LogP contribution in [0.2, 0.25) is 0 Å². The SMILES string of the molecule is C#C.CC1(OC(=O)N2CCNCC2)CC1. The van der Waals surface area contributed by atoms with Gasteiger partial charge in [0.05, 0.1) is 0 Å². The lowest BCUT2D eigenvalue weighted by Gasteiger charge is -2.27. The number of rotatable bonds is 1. The van der Waals surface area contributed by atoms with Gasteiger partial charge in [-0.3, -0.25) is 0 Å². The fourth-order valence-electron chi connectivity index (χ4n) is 1.40. The first-order valence-corrected chi connectivity index (χ1v) is 5.22. The molecule has 1 saturated carbocycles. The van der Waals surface area contributed by atoms with Gasteiger partial charge in [-0.2, -0.15) is 0 Å². The minimum Gasteiger partial charge on any atom is -0.443 e. The molecule has 84 valence electrons. The largest absolute Gasteiger partial charge is 0.443 e. The van der Waals surface area contributed by atoms with Crippen molar-refractivity contribution in [3.05, 3.63) is 0 Å². The lowest BCUT2D eigenvalue weighted by Crippen LogP contribution is -2.47. The highest BCUT2D eigenvalue weighted by atomic mass is 16.6. The normalized spacial score (nSPS) is 22.2. The summed E-state index contributed by atoms with van der Waals surface area (Å²) in [6, 6.07) is 0. The fraction of sp³-hybridized carbons (Fsp3) is 0.727. The van der Waals surface area contributed by atoms with Crippen molar-refractivity contribution < 1.29 is 9.53 Å². The van der Waals surface area contributed by atoms with Gasteiger partial charge < -0.3 is 15.0 Å². The van der Waals surface area contributed by atoms with Crippen LogP contribution in [0, 0.1) is 12.8 Å². The van der Waals surface area contributed by atoms with Gasteiger partial charge >= 0.3 is 6.09 Å². The van der Waals surface area contributed by atoms with Gasteiger partial charge in [-0.15, -0.1) is 12.8 Å². The minimum absolute atomic E-state index is 0.137. The number of carbonyl (C=O) groups is 1. The molecule has 0 atom stereocenters. The predicted octanol–water partition coefficient (Wildman–Crippen LogP) is 0.830. The Morgan fingerprint density at radius 2 is 1.87 bits per heavy atom. The summed E-state index contributed by atoms with van der Waals surface area (Å²) in [7, 11) is 0. The van der Waals surface area contributed by atoms with E-state index in [9.17, 15) is 4.79 Å². The Balaban J connectivity index is 0.000000531. The van der Waals surface area contributed by atoms with Crippen molar-refractivity contribution in [3.63, 3.8) is 0 Å². The zero-order valence-electron chi connectivity index (χ0n) is 9.16. The van der Waals surface area contributed by atoms with Crippen molar-refractivity contribution in [2.75, 3.05) is 26.2 Å². The van der Waals surface area contributed by atoms with E-state index in [1.165, 1.54) is 0 Å². The first-order valence-electron chi connectivity index (χ1n) is 5.22. The van der Waals surface area contributed by atoms with Crippen LogP contribution in [0.1, 0.15) is 19.8 Å². The van der Waals surface area contributed by atoms with Gasteiger partial charge in [0.25, 0.3) is 0 Å². The number of hydrogen-bond donors (Lipinski definition) is 1. The average Bonchev–Trinajstić information content (AvgIpc) is 3.00. The third-order valence-electron chi connectivity index (χ3n) is 2.66. The minimum atomic E-state index is -0.137. The van der Waals surface area contributed by atoms with E-state index in [-0.39, 0.29) is 11.7 Å². The lowest BCUT2D eigenvalue weighted by molar-refractivity contribution is 0.0555. The predicted molar refractivity (Wildman–Crippen MR) is 58.5 cm³/mol. The monoisotopic (exact) mass is 210 g/mol. The highest BCUT2D eigenvalue weighted by Crippen LogP contribution is 2.39. The summed E-state index contributed by atoms with van der Waals surface area (Å²) in [5, 5.41) is 3.20. The van der Waals surface area contributed by atoms with E-state index < -0.39 is 0 Å². The molecule has 0 bridgehead atoms. The Morgan fingerprint density at radius 3 is 2.33 bits per heavy atom. The number of carbonyl (C=O) groups excluding carboxylic acids is 1. The molecular weight excluding hydrogens is 192 g/mol. The van der Waals surface area contributed by atoms with Gasteiger partial charge in [-0.1, -0.05) is 0 Å². The second-order valence-corrected chi connectivity index (χ2v) is 4.05. The molecule has 2 fully saturated rings. The highest BCUT2D eigenvalue weighted by Gasteiger charge is 2.42. The molecule has 0 aromatic rings. The van der Waals surface area contributed by atoms with Gasteiger partial charge in [0.2, 0.25) is 0 Å². The second-order valence-electron chi connectivity index (χ2n) is 4.05. The van der Waals surface area contributed by atoms with Crippen molar-refractivity contribution >= 4 is 6.09 Å². The van der Waals surface area contributed by atoms with E-state index in [4.69, 9.17) is 4.74 Å². The van der Waals surface area contributed by atoms with Gasteiger partial charge in [0.1, 0.15) is 5.60 Å². The Hall–Kier alpha value is -1.21. The van der Waals surface area contributed by atoms with Crippen LogP contribution in [0.4, 0.5) is 4.79 Å². The Labute approximate surface area is 91.0 Å². The zero-order chi connectivity index (χ0) is 11.3. The lowest BCUT2D eigenvalue weighted by atomic mass is 10.4. The Bertz CT molecular complexity index is 240. The van der Waals surface area contributed by atoms with Crippen LogP contribution in [0.25, 0.3) is 0 Å². The van der Waals surface area contributed by atoms with Crippen molar-refractivity contribution in [2.45, 2.75) is 25.4 Å². The van der Waals surface area contributed by atoms with Gasteiger partial charge in [0.15, 0.2) is 0 Å². The summed E-state index contributed by atoms with van der Waals surface area (Å²) in [4.78, 5) is 13.3. The molecule has 0 unspecified atom stereocenters. The quantitative estimate of drug-likeness (QED) is 0.652. The molecule has 1 aliphatic heterocycles. The van der Waals surface area contributed by atoms with Crippen molar-refractivity contribution in [1.29, 1.82) is 0 Å². The van der Waals surface area contributed by atoms with Crippen molar-refractivity contribution in [2.24, 2.45) is 0 Å². The molecule has 4 nitrogen and oxygen atoms in total. The van der Waals surface area contributed by atoms with Crippen molar-refractivity contribution in [3.8, 4) is 12.8 Å². The van der Waals surface area contributed by atoms with E-state index >= 15 is 0 Å². The maximum atomic E-state index is 11.5. The Morgan fingerprint density at radius 1 is 1.33 bits per heavy atom. The number of terminal acetylenes is 1. The molecule has 0 radical (unpaired) electrons. The van der Waals surface area contributed by atoms with E-state index in [1.54, 1.807) is 4.90 Å². The maximum absolute atomic E-state index is 11.5. The molecule has 1 N–H and O–H groups in total. The average molecular weight is 210 g/mol. The number of nitrogens with zero attached hydrogens (tertiary/aromatic N) is 1. The number of hydrogen-bond acceptors (Lipinski definition) is 3. The molecule has 2 aliphatic rings. The van der Waals surface area contributed by atoms with E-state index in [2.05, 4.69) is 18.2 Å². The molecule has 1 saturated heterocycles. The topological polar surface area (TPSA) is 41.6 Å². The summed E-state index contributed by atoms with van der Waals surface area (Å²) in [6.45, 7) is 5.30. The fourth-order valence-corrected chi connectivity index (χ4v) is 1.40. The molecule has 4 heteroatoms. The molecule has 2 rings (SSSR count). The third kappa shape index (κ3) is 3.45. The molecular formula is C11H18N2O2. The summed E-state index contributed by atoms with van der Waals surface area (Å²) < 4.78 is 5.35. The molecule has 1 aliphatic carbocycles. The number of piperazine rings is 1.